The average molecular weight is 237 g/mol. The highest BCUT2D eigenvalue weighted by Crippen LogP contribution is 2.30. The van der Waals surface area contributed by atoms with Crippen LogP contribution in [0.4, 0.5) is 6.01 Å². The number of carbonyl (C=O) groups excluding carboxylic acids is 1. The number of rotatable bonds is 2. The van der Waals surface area contributed by atoms with Crippen molar-refractivity contribution >= 4 is 11.9 Å². The smallest absolute Gasteiger partial charge is 0.304 e. The lowest BCUT2D eigenvalue weighted by atomic mass is 9.87. The lowest BCUT2D eigenvalue weighted by Crippen LogP contribution is -2.45. The summed E-state index contributed by atoms with van der Waals surface area (Å²) in [5.74, 6) is 0.0422. The standard InChI is InChI=1S/C12H19N3O2/c1-12(2)5-4-9(13-3)10(16)15(8-12)11-14-6-7-17-11/h6-7,9,13H,4-5,8H2,1-3H3. The summed E-state index contributed by atoms with van der Waals surface area (Å²) in [7, 11) is 1.81. The molecule has 0 aromatic carbocycles. The van der Waals surface area contributed by atoms with Crippen LogP contribution in [0.5, 0.6) is 0 Å². The van der Waals surface area contributed by atoms with Gasteiger partial charge in [-0.25, -0.2) is 4.98 Å². The molecule has 1 N–H and O–H groups in total. The molecule has 94 valence electrons. The van der Waals surface area contributed by atoms with Gasteiger partial charge in [0.25, 0.3) is 0 Å². The Morgan fingerprint density at radius 3 is 2.94 bits per heavy atom. The van der Waals surface area contributed by atoms with Crippen molar-refractivity contribution in [1.29, 1.82) is 0 Å². The zero-order valence-corrected chi connectivity index (χ0v) is 10.6. The number of likely N-dealkylation sites (N-methyl/N-ethyl adjacent to an activating group) is 1. The minimum atomic E-state index is -0.149. The van der Waals surface area contributed by atoms with Gasteiger partial charge in [-0.1, -0.05) is 13.8 Å². The number of amides is 1. The van der Waals surface area contributed by atoms with Crippen molar-refractivity contribution in [3.63, 3.8) is 0 Å². The molecular weight excluding hydrogens is 218 g/mol. The molecular formula is C12H19N3O2. The molecule has 1 atom stereocenters. The van der Waals surface area contributed by atoms with Crippen molar-refractivity contribution in [2.45, 2.75) is 32.7 Å². The topological polar surface area (TPSA) is 58.4 Å². The fourth-order valence-corrected chi connectivity index (χ4v) is 2.21. The van der Waals surface area contributed by atoms with Gasteiger partial charge in [-0.15, -0.1) is 0 Å². The second-order valence-corrected chi connectivity index (χ2v) is 5.28. The Morgan fingerprint density at radius 2 is 2.35 bits per heavy atom. The van der Waals surface area contributed by atoms with Gasteiger partial charge in [-0.3, -0.25) is 9.69 Å². The van der Waals surface area contributed by atoms with E-state index in [-0.39, 0.29) is 17.4 Å². The van der Waals surface area contributed by atoms with Crippen molar-refractivity contribution in [3.8, 4) is 0 Å². The third-order valence-electron chi connectivity index (χ3n) is 3.26. The van der Waals surface area contributed by atoms with Gasteiger partial charge < -0.3 is 9.73 Å². The Balaban J connectivity index is 2.29. The van der Waals surface area contributed by atoms with E-state index >= 15 is 0 Å². The third-order valence-corrected chi connectivity index (χ3v) is 3.26. The van der Waals surface area contributed by atoms with Crippen LogP contribution in [0.15, 0.2) is 16.9 Å². The highest BCUT2D eigenvalue weighted by atomic mass is 16.4. The SMILES string of the molecule is CNC1CCC(C)(C)CN(c2ncco2)C1=O. The van der Waals surface area contributed by atoms with Crippen LogP contribution in [-0.4, -0.2) is 30.5 Å². The van der Waals surface area contributed by atoms with Crippen LogP contribution in [-0.2, 0) is 4.79 Å². The fourth-order valence-electron chi connectivity index (χ4n) is 2.21. The molecule has 1 aliphatic rings. The number of hydrogen-bond acceptors (Lipinski definition) is 4. The number of nitrogens with one attached hydrogen (secondary N) is 1. The highest BCUT2D eigenvalue weighted by Gasteiger charge is 2.36. The molecule has 1 fully saturated rings. The van der Waals surface area contributed by atoms with E-state index in [4.69, 9.17) is 4.42 Å². The second kappa shape index (κ2) is 4.49. The molecule has 1 aliphatic heterocycles. The first-order valence-electron chi connectivity index (χ1n) is 5.92. The predicted octanol–water partition coefficient (Wildman–Crippen LogP) is 1.42. The second-order valence-electron chi connectivity index (χ2n) is 5.28. The van der Waals surface area contributed by atoms with Crippen molar-refractivity contribution in [1.82, 2.24) is 10.3 Å². The van der Waals surface area contributed by atoms with E-state index in [0.29, 0.717) is 12.6 Å². The van der Waals surface area contributed by atoms with Gasteiger partial charge in [-0.2, -0.15) is 0 Å². The number of nitrogens with zero attached hydrogens (tertiary/aromatic N) is 2. The quantitative estimate of drug-likeness (QED) is 0.845. The molecule has 1 unspecified atom stereocenters. The van der Waals surface area contributed by atoms with Crippen LogP contribution in [0.3, 0.4) is 0 Å². The maximum atomic E-state index is 12.3. The molecule has 1 amide bonds. The molecule has 2 heterocycles. The van der Waals surface area contributed by atoms with E-state index in [1.165, 1.54) is 6.26 Å². The summed E-state index contributed by atoms with van der Waals surface area (Å²) in [5, 5.41) is 3.06. The lowest BCUT2D eigenvalue weighted by Gasteiger charge is -2.27. The molecule has 5 heteroatoms. The number of anilines is 1. The number of aromatic nitrogens is 1. The maximum absolute atomic E-state index is 12.3. The largest absolute Gasteiger partial charge is 0.432 e. The lowest BCUT2D eigenvalue weighted by molar-refractivity contribution is -0.120. The molecule has 2 rings (SSSR count). The summed E-state index contributed by atoms with van der Waals surface area (Å²) < 4.78 is 5.25. The first-order chi connectivity index (χ1) is 8.03. The van der Waals surface area contributed by atoms with Gasteiger partial charge in [0.05, 0.1) is 12.2 Å². The first-order valence-corrected chi connectivity index (χ1v) is 5.92. The molecule has 0 saturated carbocycles. The maximum Gasteiger partial charge on any atom is 0.304 e. The Labute approximate surface area is 101 Å². The minimum Gasteiger partial charge on any atom is -0.432 e. The first kappa shape index (κ1) is 12.1. The molecule has 0 bridgehead atoms. The van der Waals surface area contributed by atoms with Gasteiger partial charge >= 0.3 is 6.01 Å². The monoisotopic (exact) mass is 237 g/mol. The molecule has 17 heavy (non-hydrogen) atoms. The Hall–Kier alpha value is -1.36. The Morgan fingerprint density at radius 1 is 1.59 bits per heavy atom. The van der Waals surface area contributed by atoms with Crippen molar-refractivity contribution in [2.24, 2.45) is 5.41 Å². The highest BCUT2D eigenvalue weighted by molar-refractivity contribution is 5.95. The van der Waals surface area contributed by atoms with E-state index in [2.05, 4.69) is 24.1 Å². The van der Waals surface area contributed by atoms with E-state index in [9.17, 15) is 4.79 Å². The number of oxazole rings is 1. The summed E-state index contributed by atoms with van der Waals surface area (Å²) in [6, 6.07) is 0.244. The van der Waals surface area contributed by atoms with E-state index < -0.39 is 0 Å². The van der Waals surface area contributed by atoms with Crippen LogP contribution in [0.1, 0.15) is 26.7 Å². The van der Waals surface area contributed by atoms with Crippen LogP contribution in [0.2, 0.25) is 0 Å². The molecule has 0 spiro atoms. The molecule has 1 aromatic rings. The van der Waals surface area contributed by atoms with Crippen molar-refractivity contribution in [3.05, 3.63) is 12.5 Å². The Bertz CT molecular complexity index is 386. The zero-order chi connectivity index (χ0) is 12.5. The van der Waals surface area contributed by atoms with Gasteiger partial charge in [-0.05, 0) is 25.3 Å². The minimum absolute atomic E-state index is 0.0422. The zero-order valence-electron chi connectivity index (χ0n) is 10.6. The number of carbonyl (C=O) groups is 1. The normalized spacial score (nSPS) is 24.8. The fraction of sp³-hybridized carbons (Fsp3) is 0.667. The van der Waals surface area contributed by atoms with Crippen LogP contribution in [0.25, 0.3) is 0 Å². The van der Waals surface area contributed by atoms with Crippen LogP contribution >= 0.6 is 0 Å². The summed E-state index contributed by atoms with van der Waals surface area (Å²) >= 11 is 0. The number of hydrogen-bond donors (Lipinski definition) is 1. The summed E-state index contributed by atoms with van der Waals surface area (Å²) in [4.78, 5) is 18.1. The van der Waals surface area contributed by atoms with Crippen molar-refractivity contribution < 1.29 is 9.21 Å². The van der Waals surface area contributed by atoms with Gasteiger partial charge in [0.15, 0.2) is 0 Å². The summed E-state index contributed by atoms with van der Waals surface area (Å²) in [6.45, 7) is 4.97. The van der Waals surface area contributed by atoms with E-state index in [1.54, 1.807) is 11.1 Å². The molecule has 0 aliphatic carbocycles. The van der Waals surface area contributed by atoms with Crippen molar-refractivity contribution in [2.75, 3.05) is 18.5 Å². The Kier molecular flexibility index (Phi) is 3.19. The average Bonchev–Trinajstić information content (AvgIpc) is 2.76. The molecule has 1 saturated heterocycles. The van der Waals surface area contributed by atoms with Gasteiger partial charge in [0, 0.05) is 6.54 Å². The van der Waals surface area contributed by atoms with Gasteiger partial charge in [0.2, 0.25) is 5.91 Å². The van der Waals surface area contributed by atoms with E-state index in [0.717, 1.165) is 12.8 Å². The predicted molar refractivity (Wildman–Crippen MR) is 64.7 cm³/mol. The molecule has 1 aromatic heterocycles. The van der Waals surface area contributed by atoms with Crippen LogP contribution < -0.4 is 10.2 Å². The molecule has 0 radical (unpaired) electrons. The van der Waals surface area contributed by atoms with Crippen LogP contribution in [0, 0.1) is 5.41 Å². The molecule has 5 nitrogen and oxygen atoms in total. The summed E-state index contributed by atoms with van der Waals surface area (Å²) in [5.41, 5.74) is 0.0791. The van der Waals surface area contributed by atoms with Gasteiger partial charge in [0.1, 0.15) is 6.26 Å². The van der Waals surface area contributed by atoms with E-state index in [1.807, 2.05) is 7.05 Å². The summed E-state index contributed by atoms with van der Waals surface area (Å²) in [6.07, 6.45) is 4.91. The third kappa shape index (κ3) is 2.49.